The molecule has 3 unspecified atom stereocenters. The fraction of sp³-hybridized carbons (Fsp3) is 0.548. The molecule has 1 saturated heterocycles. The Hall–Kier alpha value is -3.42. The number of fused-ring (bicyclic) bond motifs is 1. The van der Waals surface area contributed by atoms with E-state index in [-0.39, 0.29) is 29.7 Å². The number of pyridine rings is 1. The number of nitrogens with zero attached hydrogens (tertiary/aromatic N) is 2. The van der Waals surface area contributed by atoms with Crippen molar-refractivity contribution >= 4 is 29.1 Å². The molecule has 2 heterocycles. The van der Waals surface area contributed by atoms with E-state index >= 15 is 0 Å². The quantitative estimate of drug-likeness (QED) is 0.382. The number of nitrogens with two attached hydrogens (primary N) is 1. The lowest BCUT2D eigenvalue weighted by Gasteiger charge is -2.38. The smallest absolute Gasteiger partial charge is 0.251 e. The Kier molecular flexibility index (Phi) is 7.91. The number of piperidine rings is 1. The van der Waals surface area contributed by atoms with Crippen molar-refractivity contribution in [1.29, 1.82) is 0 Å². The standard InChI is InChI=1S/C31H41N5O3/c1-4-18(3)34-26-16-24(19(5-2)14-25(26)30(32)38)31(39)35-23-13-21-7-6-12-36(27(21)15-23)28-11-10-22(17-33-28)29(37)20-8-9-20/h10-11,14,16-18,20-21,23,27,34H,4-9,12-13,15H2,1-3H3,(H2,32,38)(H,35,39)/t18-,21?,23?,27?/m1/s1. The third-order valence-corrected chi connectivity index (χ3v) is 8.79. The van der Waals surface area contributed by atoms with E-state index in [0.717, 1.165) is 62.9 Å². The highest BCUT2D eigenvalue weighted by molar-refractivity contribution is 6.03. The molecule has 8 nitrogen and oxygen atoms in total. The summed E-state index contributed by atoms with van der Waals surface area (Å²) >= 11 is 0. The number of carbonyl (C=O) groups excluding carboxylic acids is 3. The predicted octanol–water partition coefficient (Wildman–Crippen LogP) is 4.72. The number of nitrogens with one attached hydrogen (secondary N) is 2. The zero-order valence-corrected chi connectivity index (χ0v) is 23.3. The number of hydrogen-bond acceptors (Lipinski definition) is 6. The number of benzene rings is 1. The van der Waals surface area contributed by atoms with Crippen molar-refractivity contribution < 1.29 is 14.4 Å². The molecule has 1 aliphatic heterocycles. The number of primary amides is 1. The molecule has 0 spiro atoms. The Morgan fingerprint density at radius 1 is 1.10 bits per heavy atom. The van der Waals surface area contributed by atoms with Crippen LogP contribution < -0.4 is 21.3 Å². The van der Waals surface area contributed by atoms with Crippen molar-refractivity contribution in [2.24, 2.45) is 17.6 Å². The summed E-state index contributed by atoms with van der Waals surface area (Å²) in [5.41, 5.74) is 8.83. The summed E-state index contributed by atoms with van der Waals surface area (Å²) in [6, 6.07) is 7.99. The Morgan fingerprint density at radius 2 is 1.90 bits per heavy atom. The molecule has 4 N–H and O–H groups in total. The minimum absolute atomic E-state index is 0.0651. The average Bonchev–Trinajstić information content (AvgIpc) is 3.71. The van der Waals surface area contributed by atoms with Crippen LogP contribution in [0.5, 0.6) is 0 Å². The van der Waals surface area contributed by atoms with Crippen LogP contribution in [0.25, 0.3) is 0 Å². The fourth-order valence-electron chi connectivity index (χ4n) is 6.27. The first-order chi connectivity index (χ1) is 18.8. The predicted molar refractivity (Wildman–Crippen MR) is 153 cm³/mol. The fourth-order valence-corrected chi connectivity index (χ4v) is 6.27. The third-order valence-electron chi connectivity index (χ3n) is 8.79. The van der Waals surface area contributed by atoms with E-state index in [1.165, 1.54) is 0 Å². The van der Waals surface area contributed by atoms with E-state index < -0.39 is 5.91 Å². The molecule has 2 saturated carbocycles. The van der Waals surface area contributed by atoms with E-state index in [4.69, 9.17) is 5.73 Å². The van der Waals surface area contributed by atoms with E-state index in [1.807, 2.05) is 26.0 Å². The molecular formula is C31H41N5O3. The van der Waals surface area contributed by atoms with Gasteiger partial charge in [-0.1, -0.05) is 13.8 Å². The largest absolute Gasteiger partial charge is 0.382 e. The first-order valence-corrected chi connectivity index (χ1v) is 14.6. The third kappa shape index (κ3) is 5.80. The monoisotopic (exact) mass is 531 g/mol. The summed E-state index contributed by atoms with van der Waals surface area (Å²) in [5.74, 6) is 1.21. The van der Waals surface area contributed by atoms with Gasteiger partial charge in [0.25, 0.3) is 11.8 Å². The maximum absolute atomic E-state index is 13.6. The lowest BCUT2D eigenvalue weighted by atomic mass is 9.92. The summed E-state index contributed by atoms with van der Waals surface area (Å²) < 4.78 is 0. The number of aromatic nitrogens is 1. The van der Waals surface area contributed by atoms with Crippen molar-refractivity contribution in [3.8, 4) is 0 Å². The van der Waals surface area contributed by atoms with E-state index in [1.54, 1.807) is 18.3 Å². The molecule has 5 rings (SSSR count). The molecule has 3 fully saturated rings. The maximum Gasteiger partial charge on any atom is 0.251 e. The molecule has 1 aromatic heterocycles. The number of aryl methyl sites for hydroxylation is 1. The molecule has 2 aromatic rings. The minimum atomic E-state index is -0.499. The lowest BCUT2D eigenvalue weighted by Crippen LogP contribution is -2.43. The van der Waals surface area contributed by atoms with Gasteiger partial charge in [0.05, 0.1) is 5.56 Å². The zero-order chi connectivity index (χ0) is 27.7. The van der Waals surface area contributed by atoms with Gasteiger partial charge in [-0.2, -0.15) is 0 Å². The second kappa shape index (κ2) is 11.4. The van der Waals surface area contributed by atoms with Gasteiger partial charge in [-0.15, -0.1) is 0 Å². The molecule has 208 valence electrons. The lowest BCUT2D eigenvalue weighted by molar-refractivity contribution is 0.0932. The number of ketones is 1. The van der Waals surface area contributed by atoms with Crippen LogP contribution in [-0.4, -0.2) is 47.3 Å². The van der Waals surface area contributed by atoms with Crippen LogP contribution in [0.2, 0.25) is 0 Å². The number of amides is 2. The van der Waals surface area contributed by atoms with Crippen LogP contribution in [0.15, 0.2) is 30.5 Å². The van der Waals surface area contributed by atoms with Crippen molar-refractivity contribution in [2.45, 2.75) is 90.3 Å². The van der Waals surface area contributed by atoms with E-state index in [2.05, 4.69) is 27.4 Å². The van der Waals surface area contributed by atoms with Gasteiger partial charge in [-0.25, -0.2) is 4.98 Å². The topological polar surface area (TPSA) is 117 Å². The molecule has 2 aliphatic carbocycles. The van der Waals surface area contributed by atoms with Gasteiger partial charge in [0.15, 0.2) is 5.78 Å². The second-order valence-electron chi connectivity index (χ2n) is 11.6. The van der Waals surface area contributed by atoms with Gasteiger partial charge in [-0.3, -0.25) is 14.4 Å². The summed E-state index contributed by atoms with van der Waals surface area (Å²) in [6.45, 7) is 7.02. The van der Waals surface area contributed by atoms with Crippen molar-refractivity contribution in [1.82, 2.24) is 10.3 Å². The zero-order valence-electron chi connectivity index (χ0n) is 23.3. The Balaban J connectivity index is 1.30. The van der Waals surface area contributed by atoms with Gasteiger partial charge in [0, 0.05) is 53.6 Å². The first-order valence-electron chi connectivity index (χ1n) is 14.6. The molecule has 1 aromatic carbocycles. The molecule has 8 heteroatoms. The minimum Gasteiger partial charge on any atom is -0.382 e. The molecular weight excluding hydrogens is 490 g/mol. The van der Waals surface area contributed by atoms with Crippen LogP contribution in [0.1, 0.15) is 102 Å². The molecule has 0 radical (unpaired) electrons. The SMILES string of the molecule is CCc1cc(C(N)=O)c(N[C@H](C)CC)cc1C(=O)NC1CC2CCCN(c3ccc(C(=O)C4CC4)cn3)C2C1. The number of anilines is 2. The van der Waals surface area contributed by atoms with E-state index in [9.17, 15) is 14.4 Å². The highest BCUT2D eigenvalue weighted by Gasteiger charge is 2.41. The highest BCUT2D eigenvalue weighted by atomic mass is 16.2. The van der Waals surface area contributed by atoms with Crippen molar-refractivity contribution in [2.75, 3.05) is 16.8 Å². The molecule has 2 amide bonds. The van der Waals surface area contributed by atoms with Crippen molar-refractivity contribution in [3.63, 3.8) is 0 Å². The van der Waals surface area contributed by atoms with Crippen molar-refractivity contribution in [3.05, 3.63) is 52.7 Å². The first kappa shape index (κ1) is 27.2. The van der Waals surface area contributed by atoms with Crippen LogP contribution in [0, 0.1) is 11.8 Å². The van der Waals surface area contributed by atoms with Crippen LogP contribution >= 0.6 is 0 Å². The van der Waals surface area contributed by atoms with Gasteiger partial charge in [-0.05, 0) is 94.0 Å². The van der Waals surface area contributed by atoms with Gasteiger partial charge >= 0.3 is 0 Å². The van der Waals surface area contributed by atoms with Crippen LogP contribution in [-0.2, 0) is 6.42 Å². The molecule has 4 atom stereocenters. The summed E-state index contributed by atoms with van der Waals surface area (Å²) in [6.07, 6.45) is 9.26. The second-order valence-corrected chi connectivity index (χ2v) is 11.6. The Morgan fingerprint density at radius 3 is 2.54 bits per heavy atom. The van der Waals surface area contributed by atoms with Gasteiger partial charge in [0.1, 0.15) is 5.82 Å². The van der Waals surface area contributed by atoms with Gasteiger partial charge < -0.3 is 21.3 Å². The Bertz CT molecular complexity index is 1240. The van der Waals surface area contributed by atoms with Gasteiger partial charge in [0.2, 0.25) is 0 Å². The summed E-state index contributed by atoms with van der Waals surface area (Å²) in [5, 5.41) is 6.66. The molecule has 3 aliphatic rings. The molecule has 39 heavy (non-hydrogen) atoms. The number of Topliss-reactive ketones (excluding diaryl/α,β-unsaturated/α-hetero) is 1. The average molecular weight is 532 g/mol. The van der Waals surface area contributed by atoms with Crippen LogP contribution in [0.4, 0.5) is 11.5 Å². The maximum atomic E-state index is 13.6. The normalized spacial score (nSPS) is 23.2. The summed E-state index contributed by atoms with van der Waals surface area (Å²) in [4.78, 5) is 45.2. The van der Waals surface area contributed by atoms with Crippen LogP contribution in [0.3, 0.4) is 0 Å². The number of hydrogen-bond donors (Lipinski definition) is 3. The summed E-state index contributed by atoms with van der Waals surface area (Å²) in [7, 11) is 0. The highest BCUT2D eigenvalue weighted by Crippen LogP contribution is 2.39. The van der Waals surface area contributed by atoms with E-state index in [0.29, 0.717) is 40.8 Å². The number of carbonyl (C=O) groups is 3. The molecule has 0 bridgehead atoms. The number of rotatable bonds is 10. The Labute approximate surface area is 231 Å².